The highest BCUT2D eigenvalue weighted by atomic mass is 16.7. The van der Waals surface area contributed by atoms with Crippen molar-refractivity contribution in [3.05, 3.63) is 63.9 Å². The molecular formula is C17H18N2O6. The molecule has 1 aromatic carbocycles. The van der Waals surface area contributed by atoms with Gasteiger partial charge < -0.3 is 14.1 Å². The second-order valence-electron chi connectivity index (χ2n) is 5.10. The van der Waals surface area contributed by atoms with Gasteiger partial charge in [-0.2, -0.15) is 0 Å². The lowest BCUT2D eigenvalue weighted by atomic mass is 10.1. The van der Waals surface area contributed by atoms with E-state index in [1.54, 1.807) is 30.3 Å². The van der Waals surface area contributed by atoms with Crippen molar-refractivity contribution in [1.29, 1.82) is 0 Å². The summed E-state index contributed by atoms with van der Waals surface area (Å²) in [5.74, 6) is -2.22. The maximum absolute atomic E-state index is 12.7. The van der Waals surface area contributed by atoms with Gasteiger partial charge in [-0.25, -0.2) is 4.79 Å². The normalized spacial score (nSPS) is 11.6. The predicted octanol–water partition coefficient (Wildman–Crippen LogP) is 2.95. The van der Waals surface area contributed by atoms with Gasteiger partial charge in [0.05, 0.1) is 6.07 Å². The lowest BCUT2D eigenvalue weighted by Crippen LogP contribution is -2.36. The topological polar surface area (TPSA) is 103 Å². The van der Waals surface area contributed by atoms with Gasteiger partial charge in [-0.05, 0) is 19.9 Å². The molecule has 0 aliphatic rings. The first-order valence-electron chi connectivity index (χ1n) is 7.76. The molecule has 8 heteroatoms. The summed E-state index contributed by atoms with van der Waals surface area (Å²) in [6.07, 6.45) is -1.15. The molecule has 25 heavy (non-hydrogen) atoms. The van der Waals surface area contributed by atoms with Crippen LogP contribution in [-0.4, -0.2) is 34.8 Å². The molecule has 2 rings (SSSR count). The molecule has 0 spiro atoms. The van der Waals surface area contributed by atoms with Crippen LogP contribution < -0.4 is 0 Å². The molecule has 1 heterocycles. The minimum Gasteiger partial charge on any atom is -0.441 e. The number of likely N-dealkylation sites (N-methyl/N-ethyl adjacent to an activating group) is 1. The van der Waals surface area contributed by atoms with Gasteiger partial charge in [0.1, 0.15) is 4.92 Å². The maximum Gasteiger partial charge on any atom is 0.433 e. The molecule has 1 atom stereocenters. The molecule has 132 valence electrons. The Morgan fingerprint density at radius 3 is 2.32 bits per heavy atom. The number of carbonyl (C=O) groups excluding carboxylic acids is 2. The van der Waals surface area contributed by atoms with Crippen LogP contribution in [0.4, 0.5) is 5.88 Å². The molecule has 2 aromatic rings. The zero-order valence-corrected chi connectivity index (χ0v) is 13.9. The summed E-state index contributed by atoms with van der Waals surface area (Å²) in [6.45, 7) is 4.56. The Kier molecular flexibility index (Phi) is 5.89. The summed E-state index contributed by atoms with van der Waals surface area (Å²) in [6, 6.07) is 10.8. The van der Waals surface area contributed by atoms with Crippen molar-refractivity contribution in [2.45, 2.75) is 20.0 Å². The van der Waals surface area contributed by atoms with Crippen LogP contribution >= 0.6 is 0 Å². The molecule has 0 bridgehead atoms. The summed E-state index contributed by atoms with van der Waals surface area (Å²) in [4.78, 5) is 36.4. The van der Waals surface area contributed by atoms with Gasteiger partial charge in [-0.15, -0.1) is 0 Å². The lowest BCUT2D eigenvalue weighted by molar-refractivity contribution is -0.402. The van der Waals surface area contributed by atoms with E-state index in [-0.39, 0.29) is 11.7 Å². The van der Waals surface area contributed by atoms with E-state index in [2.05, 4.69) is 0 Å². The van der Waals surface area contributed by atoms with E-state index in [4.69, 9.17) is 9.15 Å². The van der Waals surface area contributed by atoms with Crippen molar-refractivity contribution >= 4 is 17.8 Å². The third-order valence-corrected chi connectivity index (χ3v) is 3.60. The summed E-state index contributed by atoms with van der Waals surface area (Å²) < 4.78 is 10.2. The predicted molar refractivity (Wildman–Crippen MR) is 87.9 cm³/mol. The highest BCUT2D eigenvalue weighted by molar-refractivity contribution is 5.91. The number of nitro groups is 1. The number of furan rings is 1. The van der Waals surface area contributed by atoms with Gasteiger partial charge in [0.25, 0.3) is 5.91 Å². The zero-order chi connectivity index (χ0) is 18.4. The third-order valence-electron chi connectivity index (χ3n) is 3.60. The molecule has 1 aromatic heterocycles. The molecule has 1 amide bonds. The zero-order valence-electron chi connectivity index (χ0n) is 13.9. The van der Waals surface area contributed by atoms with Crippen LogP contribution in [-0.2, 0) is 9.53 Å². The second-order valence-corrected chi connectivity index (χ2v) is 5.10. The van der Waals surface area contributed by atoms with Gasteiger partial charge in [0.2, 0.25) is 11.9 Å². The fourth-order valence-corrected chi connectivity index (χ4v) is 2.29. The fourth-order valence-electron chi connectivity index (χ4n) is 2.29. The molecule has 0 N–H and O–H groups in total. The quantitative estimate of drug-likeness (QED) is 0.434. The van der Waals surface area contributed by atoms with Gasteiger partial charge in [-0.1, -0.05) is 30.3 Å². The van der Waals surface area contributed by atoms with E-state index in [1.165, 1.54) is 4.90 Å². The van der Waals surface area contributed by atoms with Gasteiger partial charge >= 0.3 is 11.9 Å². The van der Waals surface area contributed by atoms with Crippen molar-refractivity contribution in [1.82, 2.24) is 4.90 Å². The third kappa shape index (κ3) is 4.23. The smallest absolute Gasteiger partial charge is 0.433 e. The SMILES string of the molecule is CCN(CC)C(=O)[C@@H](OC(=O)c1ccc([N+](=O)[O-])o1)c1ccccc1. The van der Waals surface area contributed by atoms with E-state index in [9.17, 15) is 19.7 Å². The van der Waals surface area contributed by atoms with Gasteiger partial charge in [0.15, 0.2) is 0 Å². The Labute approximate surface area is 144 Å². The summed E-state index contributed by atoms with van der Waals surface area (Å²) in [5, 5.41) is 10.7. The van der Waals surface area contributed by atoms with Crippen LogP contribution in [0.5, 0.6) is 0 Å². The number of amides is 1. The second kappa shape index (κ2) is 8.09. The summed E-state index contributed by atoms with van der Waals surface area (Å²) >= 11 is 0. The average Bonchev–Trinajstić information content (AvgIpc) is 3.11. The number of carbonyl (C=O) groups is 2. The van der Waals surface area contributed by atoms with Gasteiger partial charge in [-0.3, -0.25) is 14.9 Å². The molecule has 0 aliphatic heterocycles. The molecule has 0 unspecified atom stereocenters. The number of rotatable bonds is 7. The van der Waals surface area contributed by atoms with Crippen LogP contribution in [0.3, 0.4) is 0 Å². The van der Waals surface area contributed by atoms with Crippen LogP contribution in [0.15, 0.2) is 46.9 Å². The van der Waals surface area contributed by atoms with E-state index in [0.717, 1.165) is 12.1 Å². The Morgan fingerprint density at radius 1 is 1.16 bits per heavy atom. The minimum atomic E-state index is -1.15. The molecule has 0 radical (unpaired) electrons. The first-order valence-corrected chi connectivity index (χ1v) is 7.76. The Bertz CT molecular complexity index is 752. The summed E-state index contributed by atoms with van der Waals surface area (Å²) in [7, 11) is 0. The molecule has 0 aliphatic carbocycles. The van der Waals surface area contributed by atoms with Crippen LogP contribution in [0.2, 0.25) is 0 Å². The average molecular weight is 346 g/mol. The van der Waals surface area contributed by atoms with Crippen LogP contribution in [0, 0.1) is 10.1 Å². The number of ether oxygens (including phenoxy) is 1. The number of hydrogen-bond donors (Lipinski definition) is 0. The Balaban J connectivity index is 2.27. The van der Waals surface area contributed by atoms with Crippen molar-refractivity contribution in [2.24, 2.45) is 0 Å². The van der Waals surface area contributed by atoms with E-state index >= 15 is 0 Å². The largest absolute Gasteiger partial charge is 0.441 e. The van der Waals surface area contributed by atoms with Crippen molar-refractivity contribution in [3.8, 4) is 0 Å². The molecule has 0 saturated heterocycles. The first-order chi connectivity index (χ1) is 12.0. The molecular weight excluding hydrogens is 328 g/mol. The molecule has 0 fully saturated rings. The highest BCUT2D eigenvalue weighted by Crippen LogP contribution is 2.24. The molecule has 8 nitrogen and oxygen atoms in total. The number of nitrogens with zero attached hydrogens (tertiary/aromatic N) is 2. The number of esters is 1. The van der Waals surface area contributed by atoms with Crippen molar-refractivity contribution in [2.75, 3.05) is 13.1 Å². The Hall–Kier alpha value is -3.16. The fraction of sp³-hybridized carbons (Fsp3) is 0.294. The Morgan fingerprint density at radius 2 is 1.80 bits per heavy atom. The minimum absolute atomic E-state index is 0.333. The summed E-state index contributed by atoms with van der Waals surface area (Å²) in [5.41, 5.74) is 0.508. The maximum atomic E-state index is 12.7. The number of hydrogen-bond acceptors (Lipinski definition) is 6. The van der Waals surface area contributed by atoms with Crippen LogP contribution in [0.25, 0.3) is 0 Å². The molecule has 0 saturated carbocycles. The standard InChI is InChI=1S/C17H18N2O6/c1-3-18(4-2)16(20)15(12-8-6-5-7-9-12)25-17(21)13-10-11-14(24-13)19(22)23/h5-11,15H,3-4H2,1-2H3/t15-/m0/s1. The lowest BCUT2D eigenvalue weighted by Gasteiger charge is -2.25. The monoisotopic (exact) mass is 346 g/mol. The first kappa shape index (κ1) is 18.2. The van der Waals surface area contributed by atoms with Gasteiger partial charge in [0, 0.05) is 18.7 Å². The van der Waals surface area contributed by atoms with Crippen LogP contribution in [0.1, 0.15) is 36.1 Å². The van der Waals surface area contributed by atoms with Crippen molar-refractivity contribution in [3.63, 3.8) is 0 Å². The van der Waals surface area contributed by atoms with Crippen molar-refractivity contribution < 1.29 is 23.7 Å². The number of benzene rings is 1. The van der Waals surface area contributed by atoms with E-state index in [1.807, 2.05) is 13.8 Å². The van der Waals surface area contributed by atoms with E-state index in [0.29, 0.717) is 18.7 Å². The highest BCUT2D eigenvalue weighted by Gasteiger charge is 2.30. The van der Waals surface area contributed by atoms with E-state index < -0.39 is 22.9 Å².